The van der Waals surface area contributed by atoms with Gasteiger partial charge in [-0.2, -0.15) is 0 Å². The Morgan fingerprint density at radius 2 is 2.00 bits per heavy atom. The zero-order valence-corrected chi connectivity index (χ0v) is 12.0. The van der Waals surface area contributed by atoms with Gasteiger partial charge < -0.3 is 11.1 Å². The normalized spacial score (nSPS) is 16.2. The Bertz CT molecular complexity index is 541. The second-order valence-electron chi connectivity index (χ2n) is 4.48. The summed E-state index contributed by atoms with van der Waals surface area (Å²) in [5.74, 6) is -0.211. The number of benzene rings is 1. The molecule has 1 aromatic carbocycles. The molecule has 96 valence electrons. The van der Waals surface area contributed by atoms with Crippen molar-refractivity contribution in [1.82, 2.24) is 0 Å². The minimum Gasteiger partial charge on any atom is -0.392 e. The molecule has 1 aliphatic rings. The van der Waals surface area contributed by atoms with E-state index in [0.717, 1.165) is 5.56 Å². The summed E-state index contributed by atoms with van der Waals surface area (Å²) in [6, 6.07) is 3.34. The van der Waals surface area contributed by atoms with Gasteiger partial charge in [-0.15, -0.1) is 0 Å². The van der Waals surface area contributed by atoms with Gasteiger partial charge in [0.2, 0.25) is 5.91 Å². The van der Waals surface area contributed by atoms with Crippen molar-refractivity contribution >= 4 is 52.0 Å². The van der Waals surface area contributed by atoms with E-state index in [1.807, 2.05) is 6.92 Å². The fourth-order valence-electron chi connectivity index (χ4n) is 1.69. The van der Waals surface area contributed by atoms with Crippen LogP contribution < -0.4 is 11.1 Å². The average Bonchev–Trinajstić information content (AvgIpc) is 3.06. The Labute approximate surface area is 121 Å². The number of nitrogens with two attached hydrogens (primary N) is 1. The molecule has 0 heterocycles. The third kappa shape index (κ3) is 2.32. The lowest BCUT2D eigenvalue weighted by Gasteiger charge is -2.15. The van der Waals surface area contributed by atoms with Gasteiger partial charge in [0.25, 0.3) is 0 Å². The summed E-state index contributed by atoms with van der Waals surface area (Å²) in [7, 11) is 0. The number of halogens is 2. The van der Waals surface area contributed by atoms with Crippen LogP contribution in [0.3, 0.4) is 0 Å². The van der Waals surface area contributed by atoms with Crippen molar-refractivity contribution in [3.05, 3.63) is 27.7 Å². The van der Waals surface area contributed by atoms with Gasteiger partial charge >= 0.3 is 0 Å². The molecule has 1 saturated carbocycles. The Morgan fingerprint density at radius 1 is 1.39 bits per heavy atom. The Hall–Kier alpha value is -0.840. The van der Waals surface area contributed by atoms with E-state index in [1.165, 1.54) is 0 Å². The number of nitrogens with one attached hydrogen (secondary N) is 1. The summed E-state index contributed by atoms with van der Waals surface area (Å²) in [6.07, 6.45) is 1.37. The molecule has 3 N–H and O–H groups in total. The maximum absolute atomic E-state index is 12.1. The summed E-state index contributed by atoms with van der Waals surface area (Å²) in [4.78, 5) is 12.3. The Balaban J connectivity index is 2.23. The number of thiocarbonyl (C=S) groups is 1. The zero-order chi connectivity index (χ0) is 13.5. The number of rotatable bonds is 3. The first-order valence-corrected chi connectivity index (χ1v) is 6.60. The highest BCUT2D eigenvalue weighted by atomic mass is 35.5. The first-order chi connectivity index (χ1) is 8.36. The monoisotopic (exact) mass is 302 g/mol. The van der Waals surface area contributed by atoms with Crippen molar-refractivity contribution in [3.8, 4) is 0 Å². The first kappa shape index (κ1) is 13.6. The topological polar surface area (TPSA) is 55.1 Å². The molecule has 1 fully saturated rings. The van der Waals surface area contributed by atoms with Crippen LogP contribution in [-0.4, -0.2) is 10.9 Å². The van der Waals surface area contributed by atoms with Crippen LogP contribution >= 0.6 is 35.4 Å². The molecule has 0 radical (unpaired) electrons. The number of carbonyl (C=O) groups is 1. The predicted octanol–water partition coefficient (Wildman–Crippen LogP) is 3.31. The number of anilines is 1. The molecule has 1 aromatic rings. The van der Waals surface area contributed by atoms with Gasteiger partial charge in [0.1, 0.15) is 0 Å². The van der Waals surface area contributed by atoms with E-state index in [4.69, 9.17) is 41.2 Å². The van der Waals surface area contributed by atoms with Crippen molar-refractivity contribution in [2.75, 3.05) is 5.32 Å². The largest absolute Gasteiger partial charge is 0.392 e. The molecule has 18 heavy (non-hydrogen) atoms. The summed E-state index contributed by atoms with van der Waals surface area (Å²) >= 11 is 17.0. The lowest BCUT2D eigenvalue weighted by Crippen LogP contribution is -2.35. The average molecular weight is 303 g/mol. The smallest absolute Gasteiger partial charge is 0.237 e. The highest BCUT2D eigenvalue weighted by Gasteiger charge is 2.52. The van der Waals surface area contributed by atoms with Crippen LogP contribution in [-0.2, 0) is 4.79 Å². The molecule has 0 spiro atoms. The third-order valence-corrected chi connectivity index (χ3v) is 4.26. The van der Waals surface area contributed by atoms with Gasteiger partial charge in [-0.25, -0.2) is 0 Å². The zero-order valence-electron chi connectivity index (χ0n) is 9.72. The minimum atomic E-state index is -0.698. The second-order valence-corrected chi connectivity index (χ2v) is 5.74. The molecule has 1 aliphatic carbocycles. The van der Waals surface area contributed by atoms with Crippen molar-refractivity contribution in [2.24, 2.45) is 11.1 Å². The fourth-order valence-corrected chi connectivity index (χ4v) is 2.42. The van der Waals surface area contributed by atoms with Crippen molar-refractivity contribution in [1.29, 1.82) is 0 Å². The molecule has 0 atom stereocenters. The van der Waals surface area contributed by atoms with Gasteiger partial charge in [0.15, 0.2) is 0 Å². The molecular weight excluding hydrogens is 291 g/mol. The van der Waals surface area contributed by atoms with Crippen LogP contribution in [0.5, 0.6) is 0 Å². The molecule has 0 aliphatic heterocycles. The van der Waals surface area contributed by atoms with Gasteiger partial charge in [-0.05, 0) is 37.5 Å². The SMILES string of the molecule is Cc1cc(Cl)c(NC(=O)C2(C(N)=S)CC2)cc1Cl. The maximum atomic E-state index is 12.1. The molecule has 0 bridgehead atoms. The number of carbonyl (C=O) groups excluding carboxylic acids is 1. The van der Waals surface area contributed by atoms with Crippen LogP contribution in [0.1, 0.15) is 18.4 Å². The molecule has 0 unspecified atom stereocenters. The van der Waals surface area contributed by atoms with Crippen LogP contribution in [0.25, 0.3) is 0 Å². The van der Waals surface area contributed by atoms with E-state index in [-0.39, 0.29) is 10.9 Å². The third-order valence-electron chi connectivity index (χ3n) is 3.15. The maximum Gasteiger partial charge on any atom is 0.237 e. The van der Waals surface area contributed by atoms with Gasteiger partial charge in [0.05, 0.1) is 21.1 Å². The number of aryl methyl sites for hydroxylation is 1. The Morgan fingerprint density at radius 3 is 2.50 bits per heavy atom. The van der Waals surface area contributed by atoms with Gasteiger partial charge in [-0.3, -0.25) is 4.79 Å². The molecule has 1 amide bonds. The number of amides is 1. The van der Waals surface area contributed by atoms with Crippen LogP contribution in [0, 0.1) is 12.3 Å². The van der Waals surface area contributed by atoms with E-state index in [0.29, 0.717) is 28.6 Å². The van der Waals surface area contributed by atoms with E-state index in [9.17, 15) is 4.79 Å². The van der Waals surface area contributed by atoms with E-state index < -0.39 is 5.41 Å². The number of hydrogen-bond donors (Lipinski definition) is 2. The molecule has 0 saturated heterocycles. The highest BCUT2D eigenvalue weighted by Crippen LogP contribution is 2.47. The summed E-state index contributed by atoms with van der Waals surface area (Å²) in [6.45, 7) is 1.84. The lowest BCUT2D eigenvalue weighted by molar-refractivity contribution is -0.118. The van der Waals surface area contributed by atoms with Crippen molar-refractivity contribution in [3.63, 3.8) is 0 Å². The lowest BCUT2D eigenvalue weighted by atomic mass is 10.1. The quantitative estimate of drug-likeness (QED) is 0.842. The highest BCUT2D eigenvalue weighted by molar-refractivity contribution is 7.80. The molecule has 2 rings (SSSR count). The standard InChI is InChI=1S/C12H12Cl2N2OS/c1-6-4-8(14)9(5-7(6)13)16-11(17)12(2-3-12)10(15)18/h4-5H,2-3H2,1H3,(H2,15,18)(H,16,17). The van der Waals surface area contributed by atoms with Crippen LogP contribution in [0.15, 0.2) is 12.1 Å². The van der Waals surface area contributed by atoms with E-state index >= 15 is 0 Å². The van der Waals surface area contributed by atoms with Gasteiger partial charge in [-0.1, -0.05) is 35.4 Å². The predicted molar refractivity (Wildman–Crippen MR) is 78.3 cm³/mol. The summed E-state index contributed by atoms with van der Waals surface area (Å²) in [5.41, 5.74) is 6.24. The van der Waals surface area contributed by atoms with Crippen LogP contribution in [0.2, 0.25) is 10.0 Å². The first-order valence-electron chi connectivity index (χ1n) is 5.44. The Kier molecular flexibility index (Phi) is 3.54. The van der Waals surface area contributed by atoms with E-state index in [2.05, 4.69) is 5.32 Å². The van der Waals surface area contributed by atoms with Gasteiger partial charge in [0, 0.05) is 5.02 Å². The molecule has 0 aromatic heterocycles. The van der Waals surface area contributed by atoms with Crippen molar-refractivity contribution in [2.45, 2.75) is 19.8 Å². The minimum absolute atomic E-state index is 0.211. The van der Waals surface area contributed by atoms with Crippen LogP contribution in [0.4, 0.5) is 5.69 Å². The summed E-state index contributed by atoms with van der Waals surface area (Å²) in [5, 5.41) is 3.74. The molecular formula is C12H12Cl2N2OS. The summed E-state index contributed by atoms with van der Waals surface area (Å²) < 4.78 is 0. The van der Waals surface area contributed by atoms with E-state index in [1.54, 1.807) is 12.1 Å². The molecule has 6 heteroatoms. The second kappa shape index (κ2) is 4.68. The fraction of sp³-hybridized carbons (Fsp3) is 0.333. The molecule has 3 nitrogen and oxygen atoms in total. The number of hydrogen-bond acceptors (Lipinski definition) is 2. The van der Waals surface area contributed by atoms with Crippen molar-refractivity contribution < 1.29 is 4.79 Å².